The highest BCUT2D eigenvalue weighted by Crippen LogP contribution is 2.66. The van der Waals surface area contributed by atoms with Gasteiger partial charge in [0.1, 0.15) is 13.2 Å². The minimum atomic E-state index is -0.542. The molecule has 5 rings (SSSR count). The molecule has 0 amide bonds. The summed E-state index contributed by atoms with van der Waals surface area (Å²) in [4.78, 5) is 41.1. The average molecular weight is 453 g/mol. The van der Waals surface area contributed by atoms with Crippen LogP contribution in [0.4, 0.5) is 0 Å². The fraction of sp³-hybridized carbons (Fsp3) is 0.615. The molecule has 176 valence electrons. The van der Waals surface area contributed by atoms with Crippen LogP contribution in [0.25, 0.3) is 0 Å². The van der Waals surface area contributed by atoms with Crippen LogP contribution in [0.15, 0.2) is 42.5 Å². The molecule has 4 aliphatic rings. The first-order valence-electron chi connectivity index (χ1n) is 12.0. The van der Waals surface area contributed by atoms with E-state index in [0.717, 1.165) is 31.3 Å². The summed E-state index contributed by atoms with van der Waals surface area (Å²) in [6, 6.07) is 0. The van der Waals surface area contributed by atoms with E-state index in [4.69, 9.17) is 4.74 Å². The van der Waals surface area contributed by atoms with Crippen LogP contribution in [-0.2, 0) is 25.7 Å². The maximum absolute atomic E-state index is 13.2. The summed E-state index contributed by atoms with van der Waals surface area (Å²) >= 11 is 0. The smallest absolute Gasteiger partial charge is 0.326 e. The number of imidazole rings is 1. The number of nitrogens with zero attached hydrogens (tertiary/aromatic N) is 2. The number of esters is 1. The lowest BCUT2D eigenvalue weighted by molar-refractivity contribution is -0.154. The Labute approximate surface area is 193 Å². The number of hydrogen-bond donors (Lipinski definition) is 1. The number of carbonyl (C=O) groups excluding carboxylic acids is 3. The van der Waals surface area contributed by atoms with Crippen molar-refractivity contribution in [2.75, 3.05) is 6.61 Å². The van der Waals surface area contributed by atoms with Crippen LogP contribution >= 0.6 is 0 Å². The third kappa shape index (κ3) is 3.61. The number of aromatic nitrogens is 2. The number of allylic oxidation sites excluding steroid dienone is 4. The summed E-state index contributed by atoms with van der Waals surface area (Å²) in [5, 5.41) is 11.4. The fourth-order valence-electron chi connectivity index (χ4n) is 7.68. The van der Waals surface area contributed by atoms with Gasteiger partial charge in [0.05, 0.1) is 12.4 Å². The molecule has 1 aromatic rings. The second-order valence-corrected chi connectivity index (χ2v) is 10.8. The highest BCUT2D eigenvalue weighted by Gasteiger charge is 2.62. The first kappa shape index (κ1) is 22.3. The van der Waals surface area contributed by atoms with Gasteiger partial charge in [0, 0.05) is 29.6 Å². The first-order chi connectivity index (χ1) is 15.7. The van der Waals surface area contributed by atoms with Gasteiger partial charge in [0.2, 0.25) is 0 Å². The Morgan fingerprint density at radius 2 is 2.09 bits per heavy atom. The number of ether oxygens (including phenoxy) is 1. The SMILES string of the molecule is CC12C=CC(=O)C=C1CCC1C2C(O)CC2(C)C(C(=O)COC(=O)Cn3ccnc3)CCC12. The van der Waals surface area contributed by atoms with Crippen LogP contribution in [0.5, 0.6) is 0 Å². The predicted molar refractivity (Wildman–Crippen MR) is 120 cm³/mol. The highest BCUT2D eigenvalue weighted by atomic mass is 16.5. The number of aliphatic hydroxyl groups excluding tert-OH is 1. The van der Waals surface area contributed by atoms with Gasteiger partial charge in [0.25, 0.3) is 0 Å². The molecule has 7 heteroatoms. The van der Waals surface area contributed by atoms with Gasteiger partial charge in [-0.3, -0.25) is 14.4 Å². The van der Waals surface area contributed by atoms with Crippen LogP contribution in [-0.4, -0.2) is 44.9 Å². The average Bonchev–Trinajstić information content (AvgIpc) is 3.39. The molecule has 1 aromatic heterocycles. The van der Waals surface area contributed by atoms with Crippen molar-refractivity contribution in [1.82, 2.24) is 9.55 Å². The van der Waals surface area contributed by atoms with Crippen LogP contribution in [0.3, 0.4) is 0 Å². The molecule has 7 unspecified atom stereocenters. The van der Waals surface area contributed by atoms with Crippen molar-refractivity contribution in [2.24, 2.45) is 34.5 Å². The predicted octanol–water partition coefficient (Wildman–Crippen LogP) is 2.89. The van der Waals surface area contributed by atoms with E-state index >= 15 is 0 Å². The molecule has 0 saturated heterocycles. The highest BCUT2D eigenvalue weighted by molar-refractivity contribution is 6.01. The molecule has 1 N–H and O–H groups in total. The second kappa shape index (κ2) is 8.05. The summed E-state index contributed by atoms with van der Waals surface area (Å²) < 4.78 is 6.90. The van der Waals surface area contributed by atoms with Crippen molar-refractivity contribution >= 4 is 17.5 Å². The van der Waals surface area contributed by atoms with Crippen LogP contribution in [0, 0.1) is 34.5 Å². The molecule has 0 bridgehead atoms. The lowest BCUT2D eigenvalue weighted by atomic mass is 9.46. The quantitative estimate of drug-likeness (QED) is 0.690. The van der Waals surface area contributed by atoms with Gasteiger partial charge in [-0.15, -0.1) is 0 Å². The Morgan fingerprint density at radius 1 is 1.27 bits per heavy atom. The largest absolute Gasteiger partial charge is 0.456 e. The number of fused-ring (bicyclic) bond motifs is 5. The van der Waals surface area contributed by atoms with E-state index in [9.17, 15) is 19.5 Å². The maximum Gasteiger partial charge on any atom is 0.326 e. The van der Waals surface area contributed by atoms with Gasteiger partial charge in [-0.2, -0.15) is 0 Å². The molecule has 1 heterocycles. The van der Waals surface area contributed by atoms with Crippen molar-refractivity contribution in [3.8, 4) is 0 Å². The standard InChI is InChI=1S/C26H32N2O5/c1-25-8-7-17(29)11-16(25)3-4-18-19-5-6-20(26(19,2)12-21(30)24(18)25)22(31)14-33-23(32)13-28-10-9-27-15-28/h7-11,15,18-21,24,30H,3-6,12-14H2,1-2H3. The summed E-state index contributed by atoms with van der Waals surface area (Å²) in [6.07, 6.45) is 13.7. The Balaban J connectivity index is 1.30. The van der Waals surface area contributed by atoms with Gasteiger partial charge in [-0.25, -0.2) is 4.98 Å². The molecule has 0 spiro atoms. The minimum absolute atomic E-state index is 0.0325. The number of rotatable bonds is 5. The zero-order valence-corrected chi connectivity index (χ0v) is 19.3. The molecule has 3 saturated carbocycles. The summed E-state index contributed by atoms with van der Waals surface area (Å²) in [5.74, 6) is 0.0175. The molecule has 7 atom stereocenters. The summed E-state index contributed by atoms with van der Waals surface area (Å²) in [6.45, 7) is 4.11. The number of aliphatic hydroxyl groups is 1. The van der Waals surface area contributed by atoms with E-state index < -0.39 is 12.1 Å². The normalized spacial score (nSPS) is 39.3. The van der Waals surface area contributed by atoms with E-state index in [1.807, 2.05) is 6.08 Å². The van der Waals surface area contributed by atoms with E-state index in [1.165, 1.54) is 6.33 Å². The molecule has 33 heavy (non-hydrogen) atoms. The third-order valence-corrected chi connectivity index (χ3v) is 9.13. The molecule has 3 fully saturated rings. The van der Waals surface area contributed by atoms with Crippen LogP contribution in [0.2, 0.25) is 0 Å². The molecule has 4 aliphatic carbocycles. The van der Waals surface area contributed by atoms with E-state index in [2.05, 4.69) is 18.8 Å². The van der Waals surface area contributed by atoms with Crippen LogP contribution in [0.1, 0.15) is 46.0 Å². The van der Waals surface area contributed by atoms with Crippen LogP contribution < -0.4 is 0 Å². The van der Waals surface area contributed by atoms with Crippen molar-refractivity contribution in [3.63, 3.8) is 0 Å². The topological polar surface area (TPSA) is 98.5 Å². The van der Waals surface area contributed by atoms with E-state index in [1.54, 1.807) is 29.1 Å². The Hall–Kier alpha value is -2.54. The Morgan fingerprint density at radius 3 is 2.85 bits per heavy atom. The molecular weight excluding hydrogens is 420 g/mol. The monoisotopic (exact) mass is 452 g/mol. The van der Waals surface area contributed by atoms with Crippen molar-refractivity contribution in [3.05, 3.63) is 42.5 Å². The fourth-order valence-corrected chi connectivity index (χ4v) is 7.68. The summed E-state index contributed by atoms with van der Waals surface area (Å²) in [7, 11) is 0. The van der Waals surface area contributed by atoms with Crippen molar-refractivity contribution < 1.29 is 24.2 Å². The molecule has 0 aromatic carbocycles. The van der Waals surface area contributed by atoms with Crippen molar-refractivity contribution in [2.45, 2.75) is 58.6 Å². The van der Waals surface area contributed by atoms with E-state index in [-0.39, 0.29) is 47.4 Å². The van der Waals surface area contributed by atoms with Gasteiger partial charge >= 0.3 is 5.97 Å². The number of ketones is 2. The van der Waals surface area contributed by atoms with Gasteiger partial charge in [0.15, 0.2) is 11.6 Å². The van der Waals surface area contributed by atoms with Gasteiger partial charge in [-0.05, 0) is 61.5 Å². The lowest BCUT2D eigenvalue weighted by Gasteiger charge is -2.58. The minimum Gasteiger partial charge on any atom is -0.456 e. The second-order valence-electron chi connectivity index (χ2n) is 10.8. The first-order valence-corrected chi connectivity index (χ1v) is 12.0. The molecule has 7 nitrogen and oxygen atoms in total. The zero-order valence-electron chi connectivity index (χ0n) is 19.3. The third-order valence-electron chi connectivity index (χ3n) is 9.13. The Bertz CT molecular complexity index is 1030. The van der Waals surface area contributed by atoms with Gasteiger partial charge in [-0.1, -0.05) is 25.5 Å². The molecular formula is C26H32N2O5. The maximum atomic E-state index is 13.2. The number of carbonyl (C=O) groups is 3. The lowest BCUT2D eigenvalue weighted by Crippen LogP contribution is -2.56. The Kier molecular flexibility index (Phi) is 5.43. The number of Topliss-reactive ketones (excluding diaryl/α,β-unsaturated/α-hetero) is 1. The molecule has 0 aliphatic heterocycles. The molecule has 0 radical (unpaired) electrons. The van der Waals surface area contributed by atoms with Gasteiger partial charge < -0.3 is 14.4 Å². The number of hydrogen-bond acceptors (Lipinski definition) is 6. The van der Waals surface area contributed by atoms with Crippen molar-refractivity contribution in [1.29, 1.82) is 0 Å². The summed E-state index contributed by atoms with van der Waals surface area (Å²) in [5.41, 5.74) is 0.525. The van der Waals surface area contributed by atoms with E-state index in [0.29, 0.717) is 18.3 Å². The zero-order chi connectivity index (χ0) is 23.4.